The van der Waals surface area contributed by atoms with Crippen molar-refractivity contribution >= 4 is 22.9 Å². The van der Waals surface area contributed by atoms with Gasteiger partial charge in [0.25, 0.3) is 0 Å². The lowest BCUT2D eigenvalue weighted by Crippen LogP contribution is -2.38. The number of aliphatic hydroxyl groups is 1. The zero-order valence-corrected chi connectivity index (χ0v) is 11.9. The Kier molecular flexibility index (Phi) is 3.08. The number of hydrogen-bond donors (Lipinski definition) is 1. The van der Waals surface area contributed by atoms with Gasteiger partial charge < -0.3 is 14.8 Å². The number of benzene rings is 2. The van der Waals surface area contributed by atoms with Gasteiger partial charge in [-0.05, 0) is 22.8 Å². The standard InChI is InChI=1S/C17H16N2O3/c20-16-14-10-18-22-15(14)17(21)19(16)9-8-12-6-3-5-11-4-1-2-7-13(11)12/h1-7,10,14-15,17,21H,8-9H2. The Morgan fingerprint density at radius 1 is 1.18 bits per heavy atom. The average molecular weight is 296 g/mol. The van der Waals surface area contributed by atoms with Gasteiger partial charge in [0.1, 0.15) is 5.92 Å². The zero-order valence-electron chi connectivity index (χ0n) is 11.9. The molecule has 2 aromatic rings. The molecular formula is C17H16N2O3. The average Bonchev–Trinajstić information content (AvgIpc) is 3.11. The summed E-state index contributed by atoms with van der Waals surface area (Å²) in [5.41, 5.74) is 1.17. The van der Waals surface area contributed by atoms with E-state index in [4.69, 9.17) is 4.84 Å². The number of hydrogen-bond acceptors (Lipinski definition) is 4. The van der Waals surface area contributed by atoms with Gasteiger partial charge >= 0.3 is 0 Å². The van der Waals surface area contributed by atoms with Crippen LogP contribution in [0.25, 0.3) is 10.8 Å². The Balaban J connectivity index is 1.55. The van der Waals surface area contributed by atoms with E-state index in [0.717, 1.165) is 0 Å². The number of amides is 1. The molecule has 0 radical (unpaired) electrons. The topological polar surface area (TPSA) is 62.1 Å². The molecule has 2 heterocycles. The molecule has 5 heteroatoms. The molecule has 22 heavy (non-hydrogen) atoms. The number of fused-ring (bicyclic) bond motifs is 2. The predicted octanol–water partition coefficient (Wildman–Crippen LogP) is 1.54. The first-order valence-corrected chi connectivity index (χ1v) is 7.40. The van der Waals surface area contributed by atoms with Gasteiger partial charge in [-0.1, -0.05) is 47.6 Å². The molecule has 3 unspecified atom stereocenters. The summed E-state index contributed by atoms with van der Waals surface area (Å²) in [7, 11) is 0. The summed E-state index contributed by atoms with van der Waals surface area (Å²) >= 11 is 0. The lowest BCUT2D eigenvalue weighted by Gasteiger charge is -2.22. The van der Waals surface area contributed by atoms with Crippen molar-refractivity contribution in [1.82, 2.24) is 4.90 Å². The van der Waals surface area contributed by atoms with Gasteiger partial charge in [-0.3, -0.25) is 4.79 Å². The van der Waals surface area contributed by atoms with Crippen LogP contribution in [0.15, 0.2) is 47.6 Å². The van der Waals surface area contributed by atoms with Crippen molar-refractivity contribution in [3.8, 4) is 0 Å². The fraction of sp³-hybridized carbons (Fsp3) is 0.294. The molecule has 0 aliphatic carbocycles. The van der Waals surface area contributed by atoms with Crippen molar-refractivity contribution < 1.29 is 14.7 Å². The van der Waals surface area contributed by atoms with Crippen LogP contribution in [0.2, 0.25) is 0 Å². The highest BCUT2D eigenvalue weighted by Crippen LogP contribution is 2.29. The number of rotatable bonds is 3. The van der Waals surface area contributed by atoms with Crippen LogP contribution in [0, 0.1) is 5.92 Å². The Labute approximate surface area is 127 Å². The summed E-state index contributed by atoms with van der Waals surface area (Å²) in [6.07, 6.45) is 0.699. The number of carbonyl (C=O) groups excluding carboxylic acids is 1. The van der Waals surface area contributed by atoms with E-state index in [9.17, 15) is 9.90 Å². The largest absolute Gasteiger partial charge is 0.387 e. The molecule has 0 spiro atoms. The molecule has 112 valence electrons. The Bertz CT molecular complexity index is 753. The van der Waals surface area contributed by atoms with Gasteiger partial charge in [-0.15, -0.1) is 0 Å². The maximum atomic E-state index is 12.3. The number of likely N-dealkylation sites (tertiary alicyclic amines) is 1. The highest BCUT2D eigenvalue weighted by Gasteiger charge is 2.50. The molecule has 4 rings (SSSR count). The lowest BCUT2D eigenvalue weighted by molar-refractivity contribution is -0.135. The second kappa shape index (κ2) is 5.10. The minimum atomic E-state index is -0.921. The van der Waals surface area contributed by atoms with Crippen LogP contribution in [0.5, 0.6) is 0 Å². The normalized spacial score (nSPS) is 26.5. The van der Waals surface area contributed by atoms with Gasteiger partial charge in [0.15, 0.2) is 12.3 Å². The highest BCUT2D eigenvalue weighted by molar-refractivity contribution is 5.97. The molecule has 5 nitrogen and oxygen atoms in total. The van der Waals surface area contributed by atoms with E-state index < -0.39 is 18.2 Å². The quantitative estimate of drug-likeness (QED) is 0.934. The maximum Gasteiger partial charge on any atom is 0.237 e. The zero-order chi connectivity index (χ0) is 15.1. The smallest absolute Gasteiger partial charge is 0.237 e. The summed E-state index contributed by atoms with van der Waals surface area (Å²) in [6.45, 7) is 0.470. The predicted molar refractivity (Wildman–Crippen MR) is 82.2 cm³/mol. The molecular weight excluding hydrogens is 280 g/mol. The molecule has 1 amide bonds. The summed E-state index contributed by atoms with van der Waals surface area (Å²) in [6, 6.07) is 14.3. The fourth-order valence-electron chi connectivity index (χ4n) is 3.26. The summed E-state index contributed by atoms with van der Waals surface area (Å²) < 4.78 is 0. The second-order valence-corrected chi connectivity index (χ2v) is 5.68. The van der Waals surface area contributed by atoms with Crippen molar-refractivity contribution in [3.05, 3.63) is 48.0 Å². The molecule has 0 bridgehead atoms. The number of oxime groups is 1. The van der Waals surface area contributed by atoms with Crippen LogP contribution in [0.3, 0.4) is 0 Å². The molecule has 1 N–H and O–H groups in total. The van der Waals surface area contributed by atoms with Gasteiger partial charge in [0.2, 0.25) is 5.91 Å². The monoisotopic (exact) mass is 296 g/mol. The van der Waals surface area contributed by atoms with Crippen LogP contribution < -0.4 is 0 Å². The van der Waals surface area contributed by atoms with E-state index in [1.165, 1.54) is 27.5 Å². The third kappa shape index (κ3) is 1.97. The van der Waals surface area contributed by atoms with Crippen LogP contribution in [-0.4, -0.2) is 41.0 Å². The Morgan fingerprint density at radius 3 is 2.86 bits per heavy atom. The molecule has 0 saturated carbocycles. The van der Waals surface area contributed by atoms with Crippen molar-refractivity contribution in [2.45, 2.75) is 18.8 Å². The van der Waals surface area contributed by atoms with E-state index in [-0.39, 0.29) is 5.91 Å². The van der Waals surface area contributed by atoms with E-state index in [1.807, 2.05) is 18.2 Å². The van der Waals surface area contributed by atoms with Crippen LogP contribution in [-0.2, 0) is 16.1 Å². The maximum absolute atomic E-state index is 12.3. The summed E-state index contributed by atoms with van der Waals surface area (Å²) in [5, 5.41) is 16.2. The first-order chi connectivity index (χ1) is 10.8. The number of nitrogens with zero attached hydrogens (tertiary/aromatic N) is 2. The second-order valence-electron chi connectivity index (χ2n) is 5.68. The van der Waals surface area contributed by atoms with Crippen molar-refractivity contribution in [3.63, 3.8) is 0 Å². The van der Waals surface area contributed by atoms with Crippen molar-refractivity contribution in [2.24, 2.45) is 11.1 Å². The minimum Gasteiger partial charge on any atom is -0.387 e. The fourth-order valence-corrected chi connectivity index (χ4v) is 3.26. The first kappa shape index (κ1) is 13.3. The summed E-state index contributed by atoms with van der Waals surface area (Å²) in [4.78, 5) is 18.8. The Hall–Kier alpha value is -2.40. The lowest BCUT2D eigenvalue weighted by atomic mass is 10.0. The van der Waals surface area contributed by atoms with Crippen molar-refractivity contribution in [2.75, 3.05) is 6.54 Å². The van der Waals surface area contributed by atoms with E-state index in [2.05, 4.69) is 29.4 Å². The van der Waals surface area contributed by atoms with Crippen LogP contribution >= 0.6 is 0 Å². The van der Waals surface area contributed by atoms with E-state index >= 15 is 0 Å². The molecule has 1 fully saturated rings. The van der Waals surface area contributed by atoms with E-state index in [0.29, 0.717) is 13.0 Å². The van der Waals surface area contributed by atoms with Gasteiger partial charge in [0.05, 0.1) is 6.21 Å². The highest BCUT2D eigenvalue weighted by atomic mass is 16.7. The molecule has 2 aliphatic heterocycles. The van der Waals surface area contributed by atoms with Gasteiger partial charge in [-0.2, -0.15) is 0 Å². The van der Waals surface area contributed by atoms with Crippen LogP contribution in [0.1, 0.15) is 5.56 Å². The number of aliphatic hydroxyl groups excluding tert-OH is 1. The molecule has 0 aromatic heterocycles. The van der Waals surface area contributed by atoms with Crippen LogP contribution in [0.4, 0.5) is 0 Å². The summed E-state index contributed by atoms with van der Waals surface area (Å²) in [5.74, 6) is -0.554. The van der Waals surface area contributed by atoms with E-state index in [1.54, 1.807) is 0 Å². The van der Waals surface area contributed by atoms with Gasteiger partial charge in [-0.25, -0.2) is 0 Å². The molecule has 2 aliphatic rings. The molecule has 1 saturated heterocycles. The van der Waals surface area contributed by atoms with Gasteiger partial charge in [0, 0.05) is 6.54 Å². The minimum absolute atomic E-state index is 0.112. The SMILES string of the molecule is O=C1C2C=NOC2C(O)N1CCc1cccc2ccccc12. The first-order valence-electron chi connectivity index (χ1n) is 7.40. The molecule has 2 aromatic carbocycles. The Morgan fingerprint density at radius 2 is 2.00 bits per heavy atom. The molecule has 3 atom stereocenters. The van der Waals surface area contributed by atoms with Crippen molar-refractivity contribution in [1.29, 1.82) is 0 Å². The number of carbonyl (C=O) groups is 1. The third-order valence-electron chi connectivity index (χ3n) is 4.44. The third-order valence-corrected chi connectivity index (χ3v) is 4.44.